The Morgan fingerprint density at radius 2 is 1.83 bits per heavy atom. The highest BCUT2D eigenvalue weighted by Crippen LogP contribution is 2.26. The van der Waals surface area contributed by atoms with Crippen molar-refractivity contribution in [2.75, 3.05) is 13.7 Å². The van der Waals surface area contributed by atoms with Crippen LogP contribution in [0, 0.1) is 6.92 Å². The lowest BCUT2D eigenvalue weighted by atomic mass is 9.99. The van der Waals surface area contributed by atoms with Gasteiger partial charge in [-0.25, -0.2) is 0 Å². The summed E-state index contributed by atoms with van der Waals surface area (Å²) in [6, 6.07) is 6.19. The zero-order valence-electron chi connectivity index (χ0n) is 13.2. The third-order valence-electron chi connectivity index (χ3n) is 3.73. The van der Waals surface area contributed by atoms with E-state index in [0.717, 1.165) is 5.56 Å². The summed E-state index contributed by atoms with van der Waals surface area (Å²) >= 11 is 0. The molecule has 0 spiro atoms. The third-order valence-corrected chi connectivity index (χ3v) is 5.34. The van der Waals surface area contributed by atoms with Crippen molar-refractivity contribution in [3.8, 4) is 0 Å². The third kappa shape index (κ3) is 4.30. The lowest BCUT2D eigenvalue weighted by Gasteiger charge is -2.40. The molecule has 0 aromatic heterocycles. The van der Waals surface area contributed by atoms with E-state index in [-0.39, 0.29) is 4.90 Å². The molecule has 6 atom stereocenters. The highest BCUT2D eigenvalue weighted by molar-refractivity contribution is 7.86. The van der Waals surface area contributed by atoms with E-state index in [1.807, 2.05) is 16.4 Å². The van der Waals surface area contributed by atoms with Gasteiger partial charge in [0.05, 0.1) is 11.5 Å². The normalized spacial score (nSPS) is 31.1. The Hall–Kier alpha value is -0.640. The van der Waals surface area contributed by atoms with Gasteiger partial charge in [-0.1, -0.05) is 17.7 Å². The minimum atomic E-state index is -3.99. The SMILES string of the molecule is CO[C@@H]1OC(COS(=O)(=O)c2ccc(C)cc2)[C@H](OP)C(O)[C@H]1O. The van der Waals surface area contributed by atoms with Gasteiger partial charge >= 0.3 is 0 Å². The minimum absolute atomic E-state index is 0.0103. The highest BCUT2D eigenvalue weighted by Gasteiger charge is 2.45. The van der Waals surface area contributed by atoms with Crippen LogP contribution in [0.3, 0.4) is 0 Å². The van der Waals surface area contributed by atoms with Gasteiger partial charge in [0.2, 0.25) is 0 Å². The maximum atomic E-state index is 12.2. The summed E-state index contributed by atoms with van der Waals surface area (Å²) in [6.45, 7) is 1.43. The molecule has 24 heavy (non-hydrogen) atoms. The fraction of sp³-hybridized carbons (Fsp3) is 0.571. The molecule has 3 unspecified atom stereocenters. The van der Waals surface area contributed by atoms with Crippen LogP contribution in [0.2, 0.25) is 0 Å². The van der Waals surface area contributed by atoms with Gasteiger partial charge in [-0.2, -0.15) is 8.42 Å². The molecular weight excluding hydrogens is 359 g/mol. The Morgan fingerprint density at radius 1 is 1.21 bits per heavy atom. The fourth-order valence-electron chi connectivity index (χ4n) is 2.33. The molecule has 0 bridgehead atoms. The lowest BCUT2D eigenvalue weighted by Crippen LogP contribution is -2.59. The van der Waals surface area contributed by atoms with E-state index in [2.05, 4.69) is 0 Å². The number of benzene rings is 1. The van der Waals surface area contributed by atoms with E-state index >= 15 is 0 Å². The molecule has 0 amide bonds. The number of ether oxygens (including phenoxy) is 2. The molecule has 2 rings (SSSR count). The van der Waals surface area contributed by atoms with Gasteiger partial charge in [-0.05, 0) is 19.1 Å². The quantitative estimate of drug-likeness (QED) is 0.523. The molecule has 1 saturated heterocycles. The van der Waals surface area contributed by atoms with Crippen LogP contribution in [0.5, 0.6) is 0 Å². The molecule has 1 aliphatic rings. The molecule has 136 valence electrons. The van der Waals surface area contributed by atoms with E-state index in [4.69, 9.17) is 18.2 Å². The number of aryl methyl sites for hydroxylation is 1. The molecule has 1 aromatic carbocycles. The van der Waals surface area contributed by atoms with Crippen LogP contribution in [0.1, 0.15) is 5.56 Å². The van der Waals surface area contributed by atoms with Crippen molar-refractivity contribution in [2.45, 2.75) is 42.5 Å². The Kier molecular flexibility index (Phi) is 6.69. The van der Waals surface area contributed by atoms with Crippen LogP contribution in [-0.4, -0.2) is 63.1 Å². The lowest BCUT2D eigenvalue weighted by molar-refractivity contribution is -0.287. The number of hydrogen-bond donors (Lipinski definition) is 2. The van der Waals surface area contributed by atoms with Gasteiger partial charge in [0.1, 0.15) is 24.4 Å². The summed E-state index contributed by atoms with van der Waals surface area (Å²) in [6.07, 6.45) is -5.72. The van der Waals surface area contributed by atoms with Crippen molar-refractivity contribution in [1.29, 1.82) is 0 Å². The van der Waals surface area contributed by atoms with Gasteiger partial charge in [-0.15, -0.1) is 0 Å². The van der Waals surface area contributed by atoms with E-state index in [1.54, 1.807) is 12.1 Å². The van der Waals surface area contributed by atoms with Crippen molar-refractivity contribution in [3.05, 3.63) is 29.8 Å². The Bertz CT molecular complexity index is 635. The topological polar surface area (TPSA) is 112 Å². The van der Waals surface area contributed by atoms with E-state index in [1.165, 1.54) is 19.2 Å². The van der Waals surface area contributed by atoms with Crippen molar-refractivity contribution >= 4 is 19.6 Å². The molecule has 0 aliphatic carbocycles. The minimum Gasteiger partial charge on any atom is -0.387 e. The van der Waals surface area contributed by atoms with E-state index in [9.17, 15) is 18.6 Å². The predicted molar refractivity (Wildman–Crippen MR) is 86.6 cm³/mol. The first-order valence-corrected chi connectivity index (χ1v) is 9.04. The van der Waals surface area contributed by atoms with Crippen molar-refractivity contribution in [1.82, 2.24) is 0 Å². The van der Waals surface area contributed by atoms with E-state index in [0.29, 0.717) is 0 Å². The molecule has 2 N–H and O–H groups in total. The second-order valence-corrected chi connectivity index (χ2v) is 7.30. The first-order valence-electron chi connectivity index (χ1n) is 7.16. The summed E-state index contributed by atoms with van der Waals surface area (Å²) in [5, 5.41) is 19.9. The standard InChI is InChI=1S/C14H21O8PS/c1-8-3-5-9(6-4-8)24(17,18)20-7-10-13(22-23)11(15)12(16)14(19-2)21-10/h3-6,10-16H,7,23H2,1-2H3/t10?,11?,12-,13+,14-/m1/s1. The average molecular weight is 380 g/mol. The number of rotatable bonds is 6. The predicted octanol–water partition coefficient (Wildman–Crippen LogP) is -0.0313. The largest absolute Gasteiger partial charge is 0.387 e. The van der Waals surface area contributed by atoms with Crippen LogP contribution in [0.25, 0.3) is 0 Å². The molecule has 8 nitrogen and oxygen atoms in total. The summed E-state index contributed by atoms with van der Waals surface area (Å²) in [7, 11) is -0.747. The maximum absolute atomic E-state index is 12.2. The monoisotopic (exact) mass is 380 g/mol. The van der Waals surface area contributed by atoms with Crippen LogP contribution in [0.4, 0.5) is 0 Å². The molecule has 1 aliphatic heterocycles. The summed E-state index contributed by atoms with van der Waals surface area (Å²) < 4.78 is 44.8. The molecule has 10 heteroatoms. The van der Waals surface area contributed by atoms with E-state index < -0.39 is 47.4 Å². The van der Waals surface area contributed by atoms with Gasteiger partial charge in [-0.3, -0.25) is 4.18 Å². The number of aliphatic hydroxyl groups is 2. The zero-order valence-corrected chi connectivity index (χ0v) is 15.2. The van der Waals surface area contributed by atoms with Gasteiger partial charge < -0.3 is 24.2 Å². The van der Waals surface area contributed by atoms with Gasteiger partial charge in [0.15, 0.2) is 6.29 Å². The first kappa shape index (κ1) is 19.7. The molecule has 1 aromatic rings. The highest BCUT2D eigenvalue weighted by atomic mass is 32.2. The molecule has 1 fully saturated rings. The molecule has 0 radical (unpaired) electrons. The Balaban J connectivity index is 2.09. The Labute approximate surface area is 143 Å². The second-order valence-electron chi connectivity index (χ2n) is 5.41. The summed E-state index contributed by atoms with van der Waals surface area (Å²) in [5.74, 6) is 0. The summed E-state index contributed by atoms with van der Waals surface area (Å²) in [5.41, 5.74) is 0.918. The fourth-order valence-corrected chi connectivity index (χ4v) is 3.59. The Morgan fingerprint density at radius 3 is 2.38 bits per heavy atom. The number of hydrogen-bond acceptors (Lipinski definition) is 8. The zero-order chi connectivity index (χ0) is 17.9. The number of methoxy groups -OCH3 is 1. The molecular formula is C14H21O8PS. The van der Waals surface area contributed by atoms with Gasteiger partial charge in [0, 0.05) is 16.6 Å². The van der Waals surface area contributed by atoms with Crippen molar-refractivity contribution in [3.63, 3.8) is 0 Å². The molecule has 0 saturated carbocycles. The molecule has 1 heterocycles. The summed E-state index contributed by atoms with van der Waals surface area (Å²) in [4.78, 5) is 0.0103. The van der Waals surface area contributed by atoms with Crippen LogP contribution >= 0.6 is 9.47 Å². The van der Waals surface area contributed by atoms with Crippen molar-refractivity contribution in [2.24, 2.45) is 0 Å². The smallest absolute Gasteiger partial charge is 0.297 e. The number of aliphatic hydroxyl groups excluding tert-OH is 2. The van der Waals surface area contributed by atoms with Crippen LogP contribution < -0.4 is 0 Å². The second kappa shape index (κ2) is 8.16. The average Bonchev–Trinajstić information content (AvgIpc) is 2.56. The van der Waals surface area contributed by atoms with Gasteiger partial charge in [0.25, 0.3) is 10.1 Å². The maximum Gasteiger partial charge on any atom is 0.297 e. The van der Waals surface area contributed by atoms with Crippen molar-refractivity contribution < 1.29 is 36.8 Å². The van der Waals surface area contributed by atoms with Crippen LogP contribution in [-0.2, 0) is 28.3 Å². The van der Waals surface area contributed by atoms with Crippen LogP contribution in [0.15, 0.2) is 29.2 Å². The first-order chi connectivity index (χ1) is 11.3.